The summed E-state index contributed by atoms with van der Waals surface area (Å²) in [4.78, 5) is 10.4. The molecule has 6 nitrogen and oxygen atoms in total. The second-order valence-corrected chi connectivity index (χ2v) is 8.48. The second-order valence-electron chi connectivity index (χ2n) is 8.48. The minimum absolute atomic E-state index is 0.277. The van der Waals surface area contributed by atoms with Crippen molar-refractivity contribution in [1.82, 2.24) is 24.6 Å². The molecule has 3 aromatic heterocycles. The smallest absolute Gasteiger partial charge is 0.137 e. The summed E-state index contributed by atoms with van der Waals surface area (Å²) >= 11 is 0. The number of rotatable bonds is 2. The van der Waals surface area contributed by atoms with Crippen molar-refractivity contribution in [3.63, 3.8) is 0 Å². The van der Waals surface area contributed by atoms with Crippen LogP contribution in [0.4, 0.5) is 0 Å². The van der Waals surface area contributed by atoms with E-state index >= 15 is 0 Å². The first-order valence-corrected chi connectivity index (χ1v) is 9.45. The van der Waals surface area contributed by atoms with Crippen molar-refractivity contribution in [2.24, 2.45) is 18.9 Å². The fourth-order valence-electron chi connectivity index (χ4n) is 6.20. The van der Waals surface area contributed by atoms with Crippen molar-refractivity contribution in [2.45, 2.75) is 36.9 Å². The number of hydrogen-bond acceptors (Lipinski definition) is 4. The molecular formula is C20H23N5O. The van der Waals surface area contributed by atoms with Gasteiger partial charge < -0.3 is 10.1 Å². The molecule has 5 atom stereocenters. The SMILES string of the molecule is CN1C2CC3CC2C(O)C1(c1cnc2[nH]cc(-c4cnn(C)c4)c2c1)C3. The van der Waals surface area contributed by atoms with Gasteiger partial charge in [0.15, 0.2) is 0 Å². The van der Waals surface area contributed by atoms with Gasteiger partial charge in [-0.3, -0.25) is 9.58 Å². The summed E-state index contributed by atoms with van der Waals surface area (Å²) in [6.07, 6.45) is 11.0. The first-order valence-electron chi connectivity index (χ1n) is 9.45. The number of aliphatic hydroxyl groups excluding tert-OH is 1. The Morgan fingerprint density at radius 2 is 2.15 bits per heavy atom. The van der Waals surface area contributed by atoms with Crippen molar-refractivity contribution < 1.29 is 5.11 Å². The molecule has 0 aromatic carbocycles. The largest absolute Gasteiger partial charge is 0.390 e. The van der Waals surface area contributed by atoms with E-state index in [1.54, 1.807) is 0 Å². The summed E-state index contributed by atoms with van der Waals surface area (Å²) in [6.45, 7) is 0. The standard InChI is InChI=1S/C20H23N5O/c1-24-10-12(7-23-24)16-9-22-19-14(16)5-13(8-21-19)20-6-11-3-15(18(20)26)17(4-11)25(20)2/h5,7-11,15,17-18,26H,3-4,6H2,1-2H3,(H,21,22). The minimum atomic E-state index is -0.295. The molecule has 5 unspecified atom stereocenters. The van der Waals surface area contributed by atoms with Crippen LogP contribution in [0.5, 0.6) is 0 Å². The topological polar surface area (TPSA) is 70.0 Å². The maximum atomic E-state index is 11.2. The Balaban J connectivity index is 1.53. The number of likely N-dealkylation sites (N-methyl/N-ethyl adjacent to an activating group) is 1. The fourth-order valence-corrected chi connectivity index (χ4v) is 6.20. The van der Waals surface area contributed by atoms with Crippen LogP contribution in [0.3, 0.4) is 0 Å². The number of piperidine rings is 1. The third-order valence-corrected chi connectivity index (χ3v) is 7.34. The van der Waals surface area contributed by atoms with Crippen molar-refractivity contribution in [3.8, 4) is 11.1 Å². The van der Waals surface area contributed by atoms with Crippen LogP contribution >= 0.6 is 0 Å². The van der Waals surface area contributed by atoms with Gasteiger partial charge in [0.25, 0.3) is 0 Å². The third-order valence-electron chi connectivity index (χ3n) is 7.34. The lowest BCUT2D eigenvalue weighted by atomic mass is 9.71. The zero-order chi connectivity index (χ0) is 17.6. The number of fused-ring (bicyclic) bond motifs is 1. The van der Waals surface area contributed by atoms with E-state index in [0.29, 0.717) is 12.0 Å². The van der Waals surface area contributed by atoms with Gasteiger partial charge in [-0.05, 0) is 43.9 Å². The molecule has 2 saturated carbocycles. The van der Waals surface area contributed by atoms with Gasteiger partial charge in [-0.15, -0.1) is 0 Å². The van der Waals surface area contributed by atoms with Crippen LogP contribution in [-0.4, -0.2) is 48.9 Å². The Morgan fingerprint density at radius 3 is 2.92 bits per heavy atom. The molecule has 2 N–H and O–H groups in total. The molecule has 7 rings (SSSR count). The average molecular weight is 349 g/mol. The summed E-state index contributed by atoms with van der Waals surface area (Å²) in [5.74, 6) is 1.16. The van der Waals surface area contributed by atoms with Gasteiger partial charge in [0.05, 0.1) is 17.8 Å². The van der Waals surface area contributed by atoms with Crippen LogP contribution < -0.4 is 0 Å². The van der Waals surface area contributed by atoms with E-state index in [1.807, 2.05) is 36.5 Å². The Morgan fingerprint density at radius 1 is 1.27 bits per heavy atom. The first-order chi connectivity index (χ1) is 12.6. The molecule has 0 radical (unpaired) electrons. The van der Waals surface area contributed by atoms with E-state index in [9.17, 15) is 5.11 Å². The maximum absolute atomic E-state index is 11.2. The van der Waals surface area contributed by atoms with Gasteiger partial charge in [0.1, 0.15) is 5.65 Å². The lowest BCUT2D eigenvalue weighted by Crippen LogP contribution is -2.52. The number of aliphatic hydroxyl groups is 1. The molecule has 4 fully saturated rings. The minimum Gasteiger partial charge on any atom is -0.390 e. The highest BCUT2D eigenvalue weighted by molar-refractivity contribution is 5.93. The van der Waals surface area contributed by atoms with E-state index in [1.165, 1.54) is 12.8 Å². The Hall–Kier alpha value is -2.18. The van der Waals surface area contributed by atoms with E-state index in [-0.39, 0.29) is 11.6 Å². The Labute approximate surface area is 151 Å². The number of pyridine rings is 1. The summed E-state index contributed by atoms with van der Waals surface area (Å²) in [5.41, 5.74) is 3.96. The van der Waals surface area contributed by atoms with Gasteiger partial charge in [-0.1, -0.05) is 0 Å². The van der Waals surface area contributed by atoms with E-state index in [2.05, 4.69) is 28.1 Å². The molecule has 4 aliphatic rings. The van der Waals surface area contributed by atoms with Crippen LogP contribution in [0.2, 0.25) is 0 Å². The number of aromatic nitrogens is 4. The van der Waals surface area contributed by atoms with Crippen LogP contribution in [-0.2, 0) is 12.6 Å². The highest BCUT2D eigenvalue weighted by Crippen LogP contribution is 2.61. The number of hydrogen-bond donors (Lipinski definition) is 2. The van der Waals surface area contributed by atoms with Crippen molar-refractivity contribution in [3.05, 3.63) is 36.4 Å². The maximum Gasteiger partial charge on any atom is 0.137 e. The van der Waals surface area contributed by atoms with Gasteiger partial charge in [-0.25, -0.2) is 4.98 Å². The molecule has 0 amide bonds. The molecule has 4 bridgehead atoms. The second kappa shape index (κ2) is 4.75. The van der Waals surface area contributed by atoms with E-state index in [0.717, 1.165) is 40.1 Å². The van der Waals surface area contributed by atoms with Crippen LogP contribution in [0.1, 0.15) is 24.8 Å². The summed E-state index contributed by atoms with van der Waals surface area (Å²) in [7, 11) is 4.12. The normalized spacial score (nSPS) is 35.8. The predicted molar refractivity (Wildman–Crippen MR) is 98.4 cm³/mol. The molecule has 5 heterocycles. The van der Waals surface area contributed by atoms with Crippen LogP contribution in [0, 0.1) is 11.8 Å². The molecule has 3 aromatic rings. The highest BCUT2D eigenvalue weighted by atomic mass is 16.3. The zero-order valence-corrected chi connectivity index (χ0v) is 15.1. The Bertz CT molecular complexity index is 1000. The van der Waals surface area contributed by atoms with E-state index < -0.39 is 0 Å². The number of H-pyrrole nitrogens is 1. The molecule has 6 heteroatoms. The highest BCUT2D eigenvalue weighted by Gasteiger charge is 2.65. The number of nitrogens with one attached hydrogen (secondary N) is 1. The van der Waals surface area contributed by atoms with Crippen molar-refractivity contribution >= 4 is 11.0 Å². The van der Waals surface area contributed by atoms with Gasteiger partial charge in [0.2, 0.25) is 0 Å². The lowest BCUT2D eigenvalue weighted by molar-refractivity contribution is -0.0356. The molecular weight excluding hydrogens is 326 g/mol. The fraction of sp³-hybridized carbons (Fsp3) is 0.500. The molecule has 134 valence electrons. The molecule has 2 saturated heterocycles. The van der Waals surface area contributed by atoms with Crippen LogP contribution in [0.25, 0.3) is 22.2 Å². The number of aryl methyl sites for hydroxylation is 1. The molecule has 26 heavy (non-hydrogen) atoms. The average Bonchev–Trinajstić information content (AvgIpc) is 3.35. The monoisotopic (exact) mass is 349 g/mol. The number of aromatic amines is 1. The van der Waals surface area contributed by atoms with Gasteiger partial charge in [0, 0.05) is 54.1 Å². The van der Waals surface area contributed by atoms with Gasteiger partial charge in [-0.2, -0.15) is 5.10 Å². The summed E-state index contributed by atoms with van der Waals surface area (Å²) < 4.78 is 1.82. The number of nitrogens with zero attached hydrogens (tertiary/aromatic N) is 4. The van der Waals surface area contributed by atoms with E-state index in [4.69, 9.17) is 4.98 Å². The summed E-state index contributed by atoms with van der Waals surface area (Å²) in [5, 5.41) is 16.6. The van der Waals surface area contributed by atoms with Crippen molar-refractivity contribution in [2.75, 3.05) is 7.05 Å². The summed E-state index contributed by atoms with van der Waals surface area (Å²) in [6, 6.07) is 2.76. The first kappa shape index (κ1) is 14.9. The third kappa shape index (κ3) is 1.65. The Kier molecular flexibility index (Phi) is 2.73. The van der Waals surface area contributed by atoms with Crippen molar-refractivity contribution in [1.29, 1.82) is 0 Å². The molecule has 2 aliphatic heterocycles. The lowest BCUT2D eigenvalue weighted by Gasteiger charge is -2.47. The predicted octanol–water partition coefficient (Wildman–Crippen LogP) is 2.26. The molecule has 0 spiro atoms. The van der Waals surface area contributed by atoms with Crippen LogP contribution in [0.15, 0.2) is 30.9 Å². The zero-order valence-electron chi connectivity index (χ0n) is 15.1. The quantitative estimate of drug-likeness (QED) is 0.745. The molecule has 2 aliphatic carbocycles. The van der Waals surface area contributed by atoms with Gasteiger partial charge >= 0.3 is 0 Å².